The lowest BCUT2D eigenvalue weighted by Gasteiger charge is -2.19. The lowest BCUT2D eigenvalue weighted by molar-refractivity contribution is 0.553. The van der Waals surface area contributed by atoms with Crippen molar-refractivity contribution in [3.8, 4) is 12.3 Å². The Balaban J connectivity index is 2.89. The van der Waals surface area contributed by atoms with Crippen LogP contribution < -0.4 is 5.56 Å². The van der Waals surface area contributed by atoms with Crippen LogP contribution in [-0.2, 0) is 12.0 Å². The van der Waals surface area contributed by atoms with Gasteiger partial charge in [0.05, 0.1) is 17.6 Å². The van der Waals surface area contributed by atoms with Crippen molar-refractivity contribution in [1.29, 1.82) is 0 Å². The zero-order chi connectivity index (χ0) is 13.3. The molecule has 0 fully saturated rings. The fraction of sp³-hybridized carbons (Fsp3) is 0.333. The molecule has 0 aliphatic rings. The van der Waals surface area contributed by atoms with E-state index in [1.165, 1.54) is 0 Å². The van der Waals surface area contributed by atoms with Crippen LogP contribution in [0.25, 0.3) is 11.0 Å². The highest BCUT2D eigenvalue weighted by atomic mass is 16.1. The molecule has 18 heavy (non-hydrogen) atoms. The molecule has 2 aromatic rings. The van der Waals surface area contributed by atoms with Gasteiger partial charge in [0.1, 0.15) is 5.69 Å². The minimum absolute atomic E-state index is 0.0980. The van der Waals surface area contributed by atoms with E-state index in [0.717, 1.165) is 11.0 Å². The maximum atomic E-state index is 12.4. The Morgan fingerprint density at radius 2 is 2.00 bits per heavy atom. The number of hydrogen-bond acceptors (Lipinski definition) is 2. The molecular weight excluding hydrogens is 224 g/mol. The summed E-state index contributed by atoms with van der Waals surface area (Å²) in [6.07, 6.45) is 5.35. The molecule has 0 atom stereocenters. The summed E-state index contributed by atoms with van der Waals surface area (Å²) in [5.41, 5.74) is 1.75. The van der Waals surface area contributed by atoms with Crippen LogP contribution in [0, 0.1) is 12.3 Å². The third kappa shape index (κ3) is 2.02. The van der Waals surface area contributed by atoms with E-state index >= 15 is 0 Å². The van der Waals surface area contributed by atoms with Crippen LogP contribution in [0.15, 0.2) is 29.1 Å². The molecule has 3 heteroatoms. The van der Waals surface area contributed by atoms with Crippen LogP contribution in [0.1, 0.15) is 26.5 Å². The summed E-state index contributed by atoms with van der Waals surface area (Å²) in [6, 6.07) is 7.56. The third-order valence-electron chi connectivity index (χ3n) is 2.81. The number of benzene rings is 1. The maximum absolute atomic E-state index is 12.4. The van der Waals surface area contributed by atoms with Crippen LogP contribution in [0.5, 0.6) is 0 Å². The molecule has 0 bridgehead atoms. The van der Waals surface area contributed by atoms with Gasteiger partial charge in [0, 0.05) is 5.41 Å². The average Bonchev–Trinajstić information content (AvgIpc) is 2.31. The fourth-order valence-corrected chi connectivity index (χ4v) is 1.93. The highest BCUT2D eigenvalue weighted by molar-refractivity contribution is 5.74. The normalized spacial score (nSPS) is 11.4. The first-order chi connectivity index (χ1) is 8.45. The van der Waals surface area contributed by atoms with Crippen molar-refractivity contribution in [3.05, 3.63) is 40.3 Å². The van der Waals surface area contributed by atoms with Gasteiger partial charge < -0.3 is 0 Å². The van der Waals surface area contributed by atoms with Crippen molar-refractivity contribution in [1.82, 2.24) is 9.55 Å². The molecule has 92 valence electrons. The number of fused-ring (bicyclic) bond motifs is 1. The lowest BCUT2D eigenvalue weighted by Crippen LogP contribution is -2.32. The monoisotopic (exact) mass is 240 g/mol. The second-order valence-corrected chi connectivity index (χ2v) is 5.29. The number of nitrogens with zero attached hydrogens (tertiary/aromatic N) is 2. The first-order valence-corrected chi connectivity index (χ1v) is 5.88. The Bertz CT molecular complexity index is 684. The number of terminal acetylenes is 1. The topological polar surface area (TPSA) is 34.9 Å². The van der Waals surface area contributed by atoms with E-state index < -0.39 is 0 Å². The highest BCUT2D eigenvalue weighted by Gasteiger charge is 2.22. The average molecular weight is 240 g/mol. The number of hydrogen-bond donors (Lipinski definition) is 0. The second kappa shape index (κ2) is 4.30. The van der Waals surface area contributed by atoms with Crippen molar-refractivity contribution in [2.45, 2.75) is 32.7 Å². The summed E-state index contributed by atoms with van der Waals surface area (Å²) in [6.45, 7) is 6.20. The summed E-state index contributed by atoms with van der Waals surface area (Å²) in [5.74, 6) is 2.53. The molecule has 0 amide bonds. The van der Waals surface area contributed by atoms with E-state index in [4.69, 9.17) is 6.42 Å². The first kappa shape index (κ1) is 12.4. The molecule has 0 saturated heterocycles. The third-order valence-corrected chi connectivity index (χ3v) is 2.81. The standard InChI is InChI=1S/C15H16N2O/c1-5-10-17-12-9-7-6-8-11(12)16-13(14(17)18)15(2,3)4/h1,6-9H,10H2,2-4H3. The molecular formula is C15H16N2O. The van der Waals surface area contributed by atoms with E-state index in [2.05, 4.69) is 10.9 Å². The zero-order valence-electron chi connectivity index (χ0n) is 10.9. The van der Waals surface area contributed by atoms with Gasteiger partial charge in [-0.2, -0.15) is 0 Å². The molecule has 1 aromatic carbocycles. The predicted octanol–water partition coefficient (Wildman–Crippen LogP) is 2.33. The van der Waals surface area contributed by atoms with Gasteiger partial charge in [-0.05, 0) is 12.1 Å². The van der Waals surface area contributed by atoms with Crippen LogP contribution in [0.3, 0.4) is 0 Å². The minimum Gasteiger partial charge on any atom is -0.293 e. The summed E-state index contributed by atoms with van der Waals surface area (Å²) in [7, 11) is 0. The van der Waals surface area contributed by atoms with Gasteiger partial charge in [-0.3, -0.25) is 9.36 Å². The Morgan fingerprint density at radius 1 is 1.33 bits per heavy atom. The van der Waals surface area contributed by atoms with E-state index in [0.29, 0.717) is 5.69 Å². The van der Waals surface area contributed by atoms with E-state index in [1.807, 2.05) is 45.0 Å². The molecule has 1 aromatic heterocycles. The zero-order valence-corrected chi connectivity index (χ0v) is 10.9. The largest absolute Gasteiger partial charge is 0.293 e. The van der Waals surface area contributed by atoms with Crippen LogP contribution >= 0.6 is 0 Å². The Kier molecular flexibility index (Phi) is 2.96. The van der Waals surface area contributed by atoms with Gasteiger partial charge in [-0.1, -0.05) is 38.8 Å². The molecule has 0 spiro atoms. The molecule has 0 unspecified atom stereocenters. The summed E-state index contributed by atoms with van der Waals surface area (Å²) in [4.78, 5) is 16.9. The lowest BCUT2D eigenvalue weighted by atomic mass is 9.92. The van der Waals surface area contributed by atoms with E-state index in [-0.39, 0.29) is 17.5 Å². The molecule has 1 heterocycles. The van der Waals surface area contributed by atoms with Crippen molar-refractivity contribution in [2.75, 3.05) is 0 Å². The summed E-state index contributed by atoms with van der Waals surface area (Å²) >= 11 is 0. The van der Waals surface area contributed by atoms with E-state index in [9.17, 15) is 4.79 Å². The fourth-order valence-electron chi connectivity index (χ4n) is 1.93. The van der Waals surface area contributed by atoms with Gasteiger partial charge in [0.15, 0.2) is 0 Å². The molecule has 0 aliphatic heterocycles. The SMILES string of the molecule is C#CCn1c(=O)c(C(C)(C)C)nc2ccccc21. The maximum Gasteiger partial charge on any atom is 0.274 e. The van der Waals surface area contributed by atoms with Gasteiger partial charge in [0.25, 0.3) is 5.56 Å². The van der Waals surface area contributed by atoms with E-state index in [1.54, 1.807) is 4.57 Å². The van der Waals surface area contributed by atoms with Crippen LogP contribution in [0.2, 0.25) is 0 Å². The Hall–Kier alpha value is -2.08. The van der Waals surface area contributed by atoms with Crippen molar-refractivity contribution in [2.24, 2.45) is 0 Å². The molecule has 0 radical (unpaired) electrons. The molecule has 0 aliphatic carbocycles. The van der Waals surface area contributed by atoms with Gasteiger partial charge >= 0.3 is 0 Å². The van der Waals surface area contributed by atoms with Gasteiger partial charge in [0.2, 0.25) is 0 Å². The molecule has 0 N–H and O–H groups in total. The Labute approximate surface area is 106 Å². The van der Waals surface area contributed by atoms with Crippen molar-refractivity contribution in [3.63, 3.8) is 0 Å². The highest BCUT2D eigenvalue weighted by Crippen LogP contribution is 2.19. The molecule has 2 rings (SSSR count). The second-order valence-electron chi connectivity index (χ2n) is 5.29. The summed E-state index contributed by atoms with van der Waals surface area (Å²) in [5, 5.41) is 0. The van der Waals surface area contributed by atoms with Crippen LogP contribution in [0.4, 0.5) is 0 Å². The Morgan fingerprint density at radius 3 is 2.61 bits per heavy atom. The number of aromatic nitrogens is 2. The minimum atomic E-state index is -0.294. The number of para-hydroxylation sites is 2. The van der Waals surface area contributed by atoms with Crippen molar-refractivity contribution < 1.29 is 0 Å². The number of rotatable bonds is 1. The van der Waals surface area contributed by atoms with Crippen LogP contribution in [-0.4, -0.2) is 9.55 Å². The molecule has 0 saturated carbocycles. The summed E-state index contributed by atoms with van der Waals surface area (Å²) < 4.78 is 1.61. The van der Waals surface area contributed by atoms with Crippen molar-refractivity contribution >= 4 is 11.0 Å². The quantitative estimate of drug-likeness (QED) is 0.717. The molecule has 3 nitrogen and oxygen atoms in total. The smallest absolute Gasteiger partial charge is 0.274 e. The predicted molar refractivity (Wildman–Crippen MR) is 73.5 cm³/mol. The van der Waals surface area contributed by atoms with Gasteiger partial charge in [-0.25, -0.2) is 4.98 Å². The van der Waals surface area contributed by atoms with Gasteiger partial charge in [-0.15, -0.1) is 6.42 Å². The first-order valence-electron chi connectivity index (χ1n) is 5.88.